The predicted octanol–water partition coefficient (Wildman–Crippen LogP) is 2.31. The molecule has 0 amide bonds. The van der Waals surface area contributed by atoms with Crippen LogP contribution >= 0.6 is 0 Å². The molecule has 4 rings (SSSR count). The van der Waals surface area contributed by atoms with Gasteiger partial charge in [-0.25, -0.2) is 0 Å². The maximum atomic E-state index is 12.5. The first-order chi connectivity index (χ1) is 9.18. The third kappa shape index (κ3) is 1.13. The lowest BCUT2D eigenvalue weighted by Gasteiger charge is -2.01. The average Bonchev–Trinajstić information content (AvgIpc) is 2.91. The second-order valence-corrected chi connectivity index (χ2v) is 4.75. The van der Waals surface area contributed by atoms with Crippen LogP contribution in [-0.2, 0) is 0 Å². The van der Waals surface area contributed by atoms with Gasteiger partial charge in [-0.15, -0.1) is 0 Å². The van der Waals surface area contributed by atoms with Crippen molar-refractivity contribution < 1.29 is 4.79 Å². The highest BCUT2D eigenvalue weighted by Gasteiger charge is 2.31. The van der Waals surface area contributed by atoms with Crippen molar-refractivity contribution in [2.45, 2.75) is 6.92 Å². The molecule has 1 aliphatic rings. The van der Waals surface area contributed by atoms with Gasteiger partial charge in [-0.05, 0) is 31.2 Å². The Kier molecular flexibility index (Phi) is 1.75. The van der Waals surface area contributed by atoms with Crippen molar-refractivity contribution in [2.24, 2.45) is 0 Å². The first-order valence-electron chi connectivity index (χ1n) is 6.07. The Morgan fingerprint density at radius 1 is 1.05 bits per heavy atom. The molecule has 0 spiro atoms. The molecule has 0 bridgehead atoms. The number of carbonyl (C=O) groups excluding carboxylic acids is 1. The Morgan fingerprint density at radius 2 is 1.84 bits per heavy atom. The molecule has 4 nitrogen and oxygen atoms in total. The minimum Gasteiger partial charge on any atom is -0.352 e. The van der Waals surface area contributed by atoms with Crippen LogP contribution in [-0.4, -0.2) is 15.5 Å². The maximum Gasteiger partial charge on any atom is 0.268 e. The number of H-pyrrole nitrogens is 1. The van der Waals surface area contributed by atoms with Gasteiger partial charge in [0.1, 0.15) is 5.56 Å². The predicted molar refractivity (Wildman–Crippen MR) is 72.5 cm³/mol. The summed E-state index contributed by atoms with van der Waals surface area (Å²) in [6, 6.07) is 11.0. The molecule has 1 N–H and O–H groups in total. The Morgan fingerprint density at radius 3 is 2.68 bits per heavy atom. The van der Waals surface area contributed by atoms with Crippen molar-refractivity contribution in [1.82, 2.24) is 9.55 Å². The molecule has 0 saturated carbocycles. The molecule has 3 heterocycles. The van der Waals surface area contributed by atoms with Crippen LogP contribution in [0.3, 0.4) is 0 Å². The van der Waals surface area contributed by atoms with Crippen LogP contribution in [0.2, 0.25) is 0 Å². The third-order valence-corrected chi connectivity index (χ3v) is 3.66. The minimum absolute atomic E-state index is 0.197. The molecule has 0 unspecified atom stereocenters. The first kappa shape index (κ1) is 10.3. The molecular formula is C15H10N2O2. The molecule has 0 atom stereocenters. The fourth-order valence-electron chi connectivity index (χ4n) is 2.75. The number of para-hydroxylation sites is 1. The summed E-state index contributed by atoms with van der Waals surface area (Å²) in [4.78, 5) is 28.0. The second kappa shape index (κ2) is 3.23. The molecule has 92 valence electrons. The molecular weight excluding hydrogens is 240 g/mol. The largest absolute Gasteiger partial charge is 0.352 e. The average molecular weight is 250 g/mol. The number of hydrogen-bond donors (Lipinski definition) is 1. The summed E-state index contributed by atoms with van der Waals surface area (Å²) in [5, 5.41) is 0.554. The van der Waals surface area contributed by atoms with Crippen LogP contribution in [0, 0.1) is 6.92 Å². The number of fused-ring (bicyclic) bond motifs is 4. The Labute approximate surface area is 108 Å². The molecule has 3 aromatic rings. The van der Waals surface area contributed by atoms with Gasteiger partial charge in [0, 0.05) is 16.6 Å². The quantitative estimate of drug-likeness (QED) is 0.520. The van der Waals surface area contributed by atoms with Gasteiger partial charge in [0.15, 0.2) is 0 Å². The summed E-state index contributed by atoms with van der Waals surface area (Å²) in [5.41, 5.74) is 3.04. The molecule has 1 aromatic carbocycles. The fraction of sp³-hybridized carbons (Fsp3) is 0.0667. The van der Waals surface area contributed by atoms with Crippen LogP contribution in [0.4, 0.5) is 0 Å². The number of benzene rings is 1. The van der Waals surface area contributed by atoms with Gasteiger partial charge in [-0.2, -0.15) is 0 Å². The second-order valence-electron chi connectivity index (χ2n) is 4.75. The monoisotopic (exact) mass is 250 g/mol. The van der Waals surface area contributed by atoms with E-state index in [1.165, 1.54) is 0 Å². The van der Waals surface area contributed by atoms with Gasteiger partial charge in [-0.3, -0.25) is 14.2 Å². The lowest BCUT2D eigenvalue weighted by atomic mass is 10.1. The summed E-state index contributed by atoms with van der Waals surface area (Å²) in [5.74, 6) is -0.237. The number of rotatable bonds is 0. The lowest BCUT2D eigenvalue weighted by Crippen LogP contribution is -2.18. The van der Waals surface area contributed by atoms with E-state index in [0.717, 1.165) is 16.9 Å². The van der Waals surface area contributed by atoms with Crippen molar-refractivity contribution in [1.29, 1.82) is 0 Å². The van der Waals surface area contributed by atoms with Crippen LogP contribution in [0.5, 0.6) is 0 Å². The SMILES string of the molecule is Cc1ccc2n1C(=O)c1c-2[nH]c2ccccc2c1=O. The van der Waals surface area contributed by atoms with Crippen molar-refractivity contribution in [3.05, 3.63) is 57.9 Å². The highest BCUT2D eigenvalue weighted by molar-refractivity contribution is 6.10. The zero-order valence-electron chi connectivity index (χ0n) is 10.2. The minimum atomic E-state index is -0.237. The maximum absolute atomic E-state index is 12.5. The molecule has 19 heavy (non-hydrogen) atoms. The summed E-state index contributed by atoms with van der Waals surface area (Å²) >= 11 is 0. The highest BCUT2D eigenvalue weighted by Crippen LogP contribution is 2.31. The number of hydrogen-bond acceptors (Lipinski definition) is 2. The van der Waals surface area contributed by atoms with Crippen molar-refractivity contribution >= 4 is 16.8 Å². The van der Waals surface area contributed by atoms with Gasteiger partial charge in [0.05, 0.1) is 11.4 Å². The zero-order valence-corrected chi connectivity index (χ0v) is 10.2. The summed E-state index contributed by atoms with van der Waals surface area (Å²) in [7, 11) is 0. The zero-order chi connectivity index (χ0) is 13.1. The number of aromatic amines is 1. The molecule has 0 aliphatic carbocycles. The van der Waals surface area contributed by atoms with Crippen LogP contribution < -0.4 is 5.43 Å². The number of aryl methyl sites for hydroxylation is 1. The molecule has 0 saturated heterocycles. The molecule has 2 aromatic heterocycles. The van der Waals surface area contributed by atoms with E-state index in [0.29, 0.717) is 11.1 Å². The van der Waals surface area contributed by atoms with Crippen molar-refractivity contribution in [3.63, 3.8) is 0 Å². The van der Waals surface area contributed by atoms with Gasteiger partial charge < -0.3 is 4.98 Å². The fourth-order valence-corrected chi connectivity index (χ4v) is 2.75. The van der Waals surface area contributed by atoms with Gasteiger partial charge in [-0.1, -0.05) is 12.1 Å². The number of nitrogens with one attached hydrogen (secondary N) is 1. The normalized spacial score (nSPS) is 12.8. The van der Waals surface area contributed by atoms with E-state index in [1.807, 2.05) is 31.2 Å². The Bertz CT molecular complexity index is 916. The van der Waals surface area contributed by atoms with Crippen LogP contribution in [0.1, 0.15) is 16.1 Å². The summed E-state index contributed by atoms with van der Waals surface area (Å²) < 4.78 is 1.58. The van der Waals surface area contributed by atoms with E-state index < -0.39 is 0 Å². The smallest absolute Gasteiger partial charge is 0.268 e. The standard InChI is InChI=1S/C15H10N2O2/c1-8-6-7-11-13-12(15(19)17(8)11)14(18)9-4-2-3-5-10(9)16-13/h2-7H,1H3,(H,16,18). The molecule has 0 radical (unpaired) electrons. The number of pyridine rings is 1. The topological polar surface area (TPSA) is 54.9 Å². The Balaban J connectivity index is 2.22. The van der Waals surface area contributed by atoms with E-state index in [4.69, 9.17) is 0 Å². The number of aromatic nitrogens is 2. The van der Waals surface area contributed by atoms with Crippen molar-refractivity contribution in [2.75, 3.05) is 0 Å². The number of carbonyl (C=O) groups is 1. The lowest BCUT2D eigenvalue weighted by molar-refractivity contribution is 0.0966. The van der Waals surface area contributed by atoms with Crippen LogP contribution in [0.15, 0.2) is 41.2 Å². The van der Waals surface area contributed by atoms with E-state index in [-0.39, 0.29) is 16.9 Å². The number of nitrogens with zero attached hydrogens (tertiary/aromatic N) is 1. The summed E-state index contributed by atoms with van der Waals surface area (Å²) in [6.07, 6.45) is 0. The molecule has 1 aliphatic heterocycles. The van der Waals surface area contributed by atoms with E-state index in [2.05, 4.69) is 4.98 Å². The van der Waals surface area contributed by atoms with E-state index in [1.54, 1.807) is 16.7 Å². The van der Waals surface area contributed by atoms with Crippen LogP contribution in [0.25, 0.3) is 22.3 Å². The highest BCUT2D eigenvalue weighted by atomic mass is 16.2. The third-order valence-electron chi connectivity index (χ3n) is 3.66. The molecule has 4 heteroatoms. The molecule has 0 fully saturated rings. The Hall–Kier alpha value is -2.62. The van der Waals surface area contributed by atoms with E-state index >= 15 is 0 Å². The van der Waals surface area contributed by atoms with Gasteiger partial charge in [0.2, 0.25) is 5.43 Å². The van der Waals surface area contributed by atoms with E-state index in [9.17, 15) is 9.59 Å². The first-order valence-corrected chi connectivity index (χ1v) is 6.07. The van der Waals surface area contributed by atoms with Gasteiger partial charge in [0.25, 0.3) is 5.91 Å². The van der Waals surface area contributed by atoms with Crippen molar-refractivity contribution in [3.8, 4) is 11.4 Å². The summed E-state index contributed by atoms with van der Waals surface area (Å²) in [6.45, 7) is 1.86. The van der Waals surface area contributed by atoms with Gasteiger partial charge >= 0.3 is 0 Å².